The molecule has 58 heavy (non-hydrogen) atoms. The average Bonchev–Trinajstić information content (AvgIpc) is 3.68. The first-order valence-corrected chi connectivity index (χ1v) is 19.8. The number of furan rings is 1. The molecule has 2 nitrogen and oxygen atoms in total. The molecule has 0 amide bonds. The Morgan fingerprint density at radius 1 is 0.293 bits per heavy atom. The molecule has 0 bridgehead atoms. The molecule has 0 fully saturated rings. The Kier molecular flexibility index (Phi) is 8.19. The number of rotatable bonds is 7. The summed E-state index contributed by atoms with van der Waals surface area (Å²) in [5, 5.41) is 7.02. The highest BCUT2D eigenvalue weighted by Crippen LogP contribution is 2.45. The molecule has 10 aromatic carbocycles. The van der Waals surface area contributed by atoms with Crippen LogP contribution in [0.2, 0.25) is 0 Å². The van der Waals surface area contributed by atoms with Gasteiger partial charge in [0.15, 0.2) is 0 Å². The summed E-state index contributed by atoms with van der Waals surface area (Å²) in [6, 6.07) is 80.8. The second kappa shape index (κ2) is 14.1. The van der Waals surface area contributed by atoms with Gasteiger partial charge in [-0.25, -0.2) is 0 Å². The summed E-state index contributed by atoms with van der Waals surface area (Å²) in [5.74, 6) is 0. The minimum absolute atomic E-state index is 0.887. The van der Waals surface area contributed by atoms with Crippen molar-refractivity contribution in [2.45, 2.75) is 0 Å². The number of nitrogens with zero attached hydrogens (tertiary/aromatic N) is 1. The summed E-state index contributed by atoms with van der Waals surface area (Å²) >= 11 is 0. The van der Waals surface area contributed by atoms with Gasteiger partial charge in [0, 0.05) is 33.1 Å². The lowest BCUT2D eigenvalue weighted by Gasteiger charge is -2.29. The maximum Gasteiger partial charge on any atom is 0.143 e. The summed E-state index contributed by atoms with van der Waals surface area (Å²) in [5.41, 5.74) is 14.4. The van der Waals surface area contributed by atoms with Gasteiger partial charge in [-0.3, -0.25) is 0 Å². The molecule has 11 rings (SSSR count). The first-order chi connectivity index (χ1) is 28.7. The Labute approximate surface area is 337 Å². The molecule has 0 spiro atoms. The van der Waals surface area contributed by atoms with Crippen molar-refractivity contribution in [2.75, 3.05) is 4.90 Å². The van der Waals surface area contributed by atoms with E-state index in [9.17, 15) is 0 Å². The van der Waals surface area contributed by atoms with Crippen molar-refractivity contribution in [3.63, 3.8) is 0 Å². The molecule has 0 aliphatic rings. The Balaban J connectivity index is 1.10. The molecule has 11 aromatic rings. The summed E-state index contributed by atoms with van der Waals surface area (Å²) in [6.07, 6.45) is 0. The van der Waals surface area contributed by atoms with Gasteiger partial charge in [0.1, 0.15) is 11.2 Å². The third-order valence-electron chi connectivity index (χ3n) is 11.5. The summed E-state index contributed by atoms with van der Waals surface area (Å²) in [6.45, 7) is 0. The summed E-state index contributed by atoms with van der Waals surface area (Å²) in [7, 11) is 0. The van der Waals surface area contributed by atoms with Gasteiger partial charge in [-0.1, -0.05) is 170 Å². The van der Waals surface area contributed by atoms with Gasteiger partial charge >= 0.3 is 0 Å². The van der Waals surface area contributed by atoms with Crippen LogP contribution in [0.25, 0.3) is 88.0 Å². The average molecular weight is 740 g/mol. The van der Waals surface area contributed by atoms with Gasteiger partial charge in [0.05, 0.1) is 5.69 Å². The van der Waals surface area contributed by atoms with Crippen LogP contribution < -0.4 is 4.90 Å². The quantitative estimate of drug-likeness (QED) is 0.162. The van der Waals surface area contributed by atoms with Crippen LogP contribution in [0.5, 0.6) is 0 Å². The predicted octanol–water partition coefficient (Wildman–Crippen LogP) is 16.0. The molecule has 0 atom stereocenters. The second-order valence-electron chi connectivity index (χ2n) is 14.9. The Bertz CT molecular complexity index is 3270. The van der Waals surface area contributed by atoms with Crippen LogP contribution in [0.15, 0.2) is 229 Å². The van der Waals surface area contributed by atoms with Gasteiger partial charge in [-0.05, 0) is 110 Å². The van der Waals surface area contributed by atoms with Crippen molar-refractivity contribution in [1.82, 2.24) is 0 Å². The van der Waals surface area contributed by atoms with E-state index >= 15 is 0 Å². The Morgan fingerprint density at radius 2 is 0.914 bits per heavy atom. The van der Waals surface area contributed by atoms with E-state index in [0.29, 0.717) is 0 Å². The largest absolute Gasteiger partial charge is 0.455 e. The molecule has 272 valence electrons. The van der Waals surface area contributed by atoms with Crippen LogP contribution in [-0.4, -0.2) is 0 Å². The van der Waals surface area contributed by atoms with Crippen molar-refractivity contribution >= 4 is 60.5 Å². The molecule has 1 heterocycles. The minimum atomic E-state index is 0.887. The zero-order valence-electron chi connectivity index (χ0n) is 31.7. The fourth-order valence-electron chi connectivity index (χ4n) is 8.58. The van der Waals surface area contributed by atoms with E-state index in [-0.39, 0.29) is 0 Å². The van der Waals surface area contributed by atoms with Crippen molar-refractivity contribution in [2.24, 2.45) is 0 Å². The number of fused-ring (bicyclic) bond motifs is 6. The van der Waals surface area contributed by atoms with Crippen LogP contribution in [0.3, 0.4) is 0 Å². The van der Waals surface area contributed by atoms with Crippen LogP contribution in [0.1, 0.15) is 0 Å². The van der Waals surface area contributed by atoms with Gasteiger partial charge in [-0.15, -0.1) is 0 Å². The standard InChI is InChI=1S/C56H37NO/c1-3-14-40(15-4-1)48-33-31-47(37-52(48)41-16-5-2-6-17-41)57(46-29-25-39(26-30-46)44-24-23-38-13-7-8-19-43(38)35-44)54-22-12-11-20-49(54)45-28-34-55-53(36-45)51-32-27-42-18-9-10-21-50(42)56(51)58-55/h1-37H. The van der Waals surface area contributed by atoms with Crippen LogP contribution >= 0.6 is 0 Å². The van der Waals surface area contributed by atoms with Gasteiger partial charge in [0.25, 0.3) is 0 Å². The fraction of sp³-hybridized carbons (Fsp3) is 0. The predicted molar refractivity (Wildman–Crippen MR) is 245 cm³/mol. The number of anilines is 3. The van der Waals surface area contributed by atoms with Crippen molar-refractivity contribution in [3.05, 3.63) is 224 Å². The van der Waals surface area contributed by atoms with Gasteiger partial charge in [0.2, 0.25) is 0 Å². The third kappa shape index (κ3) is 5.91. The third-order valence-corrected chi connectivity index (χ3v) is 11.5. The Morgan fingerprint density at radius 3 is 1.72 bits per heavy atom. The number of hydrogen-bond acceptors (Lipinski definition) is 2. The first kappa shape index (κ1) is 33.6. The van der Waals surface area contributed by atoms with Gasteiger partial charge < -0.3 is 9.32 Å². The lowest BCUT2D eigenvalue weighted by Crippen LogP contribution is -2.11. The highest BCUT2D eigenvalue weighted by atomic mass is 16.3. The van der Waals surface area contributed by atoms with Crippen LogP contribution in [-0.2, 0) is 0 Å². The maximum absolute atomic E-state index is 6.54. The first-order valence-electron chi connectivity index (χ1n) is 19.8. The SMILES string of the molecule is c1ccc(-c2ccc(N(c3ccc(-c4ccc5ccccc5c4)cc3)c3ccccc3-c3ccc4oc5c6ccccc6ccc5c4c3)cc2-c2ccccc2)cc1. The Hall–Kier alpha value is -7.68. The van der Waals surface area contributed by atoms with E-state index in [1.807, 2.05) is 0 Å². The molecule has 0 N–H and O–H groups in total. The van der Waals surface area contributed by atoms with Crippen molar-refractivity contribution < 1.29 is 4.42 Å². The molecular formula is C56H37NO. The van der Waals surface area contributed by atoms with E-state index in [2.05, 4.69) is 229 Å². The van der Waals surface area contributed by atoms with Crippen LogP contribution in [0.4, 0.5) is 17.1 Å². The lowest BCUT2D eigenvalue weighted by atomic mass is 9.93. The normalized spacial score (nSPS) is 11.4. The number of hydrogen-bond donors (Lipinski definition) is 0. The minimum Gasteiger partial charge on any atom is -0.455 e. The highest BCUT2D eigenvalue weighted by molar-refractivity contribution is 6.15. The molecule has 0 radical (unpaired) electrons. The molecule has 0 unspecified atom stereocenters. The number of para-hydroxylation sites is 1. The van der Waals surface area contributed by atoms with Crippen molar-refractivity contribution in [3.8, 4) is 44.5 Å². The van der Waals surface area contributed by atoms with Gasteiger partial charge in [-0.2, -0.15) is 0 Å². The smallest absolute Gasteiger partial charge is 0.143 e. The zero-order chi connectivity index (χ0) is 38.4. The zero-order valence-corrected chi connectivity index (χ0v) is 31.7. The second-order valence-corrected chi connectivity index (χ2v) is 14.9. The molecule has 1 aromatic heterocycles. The van der Waals surface area contributed by atoms with Crippen LogP contribution in [0, 0.1) is 0 Å². The van der Waals surface area contributed by atoms with E-state index in [0.717, 1.165) is 55.5 Å². The van der Waals surface area contributed by atoms with E-state index in [1.165, 1.54) is 49.5 Å². The molecular weight excluding hydrogens is 703 g/mol. The van der Waals surface area contributed by atoms with E-state index in [1.54, 1.807) is 0 Å². The summed E-state index contributed by atoms with van der Waals surface area (Å²) in [4.78, 5) is 2.41. The molecule has 0 saturated carbocycles. The molecule has 0 aliphatic carbocycles. The topological polar surface area (TPSA) is 16.4 Å². The summed E-state index contributed by atoms with van der Waals surface area (Å²) < 4.78 is 6.54. The molecule has 0 saturated heterocycles. The van der Waals surface area contributed by atoms with Crippen molar-refractivity contribution in [1.29, 1.82) is 0 Å². The maximum atomic E-state index is 6.54. The molecule has 0 aliphatic heterocycles. The monoisotopic (exact) mass is 739 g/mol. The highest BCUT2D eigenvalue weighted by Gasteiger charge is 2.21. The lowest BCUT2D eigenvalue weighted by molar-refractivity contribution is 0.672. The molecule has 2 heteroatoms. The van der Waals surface area contributed by atoms with E-state index < -0.39 is 0 Å². The van der Waals surface area contributed by atoms with E-state index in [4.69, 9.17) is 4.42 Å². The fourth-order valence-corrected chi connectivity index (χ4v) is 8.58. The number of benzene rings is 10.